The van der Waals surface area contributed by atoms with E-state index in [0.717, 1.165) is 28.5 Å². The molecule has 3 aromatic rings. The summed E-state index contributed by atoms with van der Waals surface area (Å²) in [6, 6.07) is 20.8. The molecule has 1 saturated heterocycles. The van der Waals surface area contributed by atoms with Crippen LogP contribution in [0.15, 0.2) is 65.1 Å². The van der Waals surface area contributed by atoms with E-state index in [4.69, 9.17) is 9.68 Å². The zero-order valence-corrected chi connectivity index (χ0v) is 16.8. The molecule has 1 aromatic heterocycles. The summed E-state index contributed by atoms with van der Waals surface area (Å²) in [6.07, 6.45) is -3.81. The number of hydrogen-bond donors (Lipinski definition) is 1. The van der Waals surface area contributed by atoms with Gasteiger partial charge in [0, 0.05) is 30.0 Å². The maximum Gasteiger partial charge on any atom is 0.391 e. The van der Waals surface area contributed by atoms with Gasteiger partial charge in [0.1, 0.15) is 11.5 Å². The van der Waals surface area contributed by atoms with Crippen molar-refractivity contribution in [1.29, 1.82) is 5.26 Å². The molecule has 4 rings (SSSR count). The average Bonchev–Trinajstić information content (AvgIpc) is 3.27. The monoisotopic (exact) mass is 425 g/mol. The van der Waals surface area contributed by atoms with Crippen LogP contribution < -0.4 is 10.2 Å². The van der Waals surface area contributed by atoms with E-state index in [-0.39, 0.29) is 12.8 Å². The van der Waals surface area contributed by atoms with E-state index in [1.165, 1.54) is 0 Å². The molecule has 1 fully saturated rings. The first kappa shape index (κ1) is 20.9. The van der Waals surface area contributed by atoms with E-state index < -0.39 is 12.1 Å². The van der Waals surface area contributed by atoms with Gasteiger partial charge in [-0.05, 0) is 73.5 Å². The Morgan fingerprint density at radius 1 is 0.968 bits per heavy atom. The Hall–Kier alpha value is -3.40. The molecule has 2 aromatic carbocycles. The second kappa shape index (κ2) is 8.76. The molecule has 4 nitrogen and oxygen atoms in total. The number of nitriles is 1. The first-order valence-electron chi connectivity index (χ1n) is 10.2. The number of alkyl halides is 3. The molecule has 0 radical (unpaired) electrons. The number of hydrogen-bond acceptors (Lipinski definition) is 4. The number of benzene rings is 2. The predicted molar refractivity (Wildman–Crippen MR) is 114 cm³/mol. The van der Waals surface area contributed by atoms with E-state index in [0.29, 0.717) is 25.2 Å². The summed E-state index contributed by atoms with van der Waals surface area (Å²) < 4.78 is 44.4. The lowest BCUT2D eigenvalue weighted by Gasteiger charge is -2.34. The minimum absolute atomic E-state index is 0.142. The molecule has 0 amide bonds. The molecule has 0 bridgehead atoms. The predicted octanol–water partition coefficient (Wildman–Crippen LogP) is 6.21. The van der Waals surface area contributed by atoms with Crippen LogP contribution in [0.4, 0.5) is 24.5 Å². The normalized spacial score (nSPS) is 15.0. The molecular weight excluding hydrogens is 403 g/mol. The zero-order valence-electron chi connectivity index (χ0n) is 16.8. The van der Waals surface area contributed by atoms with E-state index in [1.807, 2.05) is 53.4 Å². The zero-order chi connectivity index (χ0) is 21.8. The minimum atomic E-state index is -4.09. The van der Waals surface area contributed by atoms with Gasteiger partial charge in [-0.15, -0.1) is 0 Å². The summed E-state index contributed by atoms with van der Waals surface area (Å²) in [6.45, 7) is 1.34. The third-order valence-electron chi connectivity index (χ3n) is 5.62. The highest BCUT2D eigenvalue weighted by molar-refractivity contribution is 5.59. The standard InChI is InChI=1S/C24H22F3N3O/c25-24(26,27)19-11-13-30(14-12-19)21-7-5-20(6-8-21)29-16-22-9-10-23(31-22)18-3-1-17(15-28)2-4-18/h1-10,19,29H,11-14,16H2. The van der Waals surface area contributed by atoms with Crippen molar-refractivity contribution in [2.75, 3.05) is 23.3 Å². The van der Waals surface area contributed by atoms with Gasteiger partial charge in [-0.2, -0.15) is 18.4 Å². The van der Waals surface area contributed by atoms with Crippen molar-refractivity contribution in [2.24, 2.45) is 5.92 Å². The molecule has 7 heteroatoms. The van der Waals surface area contributed by atoms with Crippen molar-refractivity contribution in [3.63, 3.8) is 0 Å². The molecule has 0 saturated carbocycles. The molecule has 0 aliphatic carbocycles. The second-order valence-corrected chi connectivity index (χ2v) is 7.66. The van der Waals surface area contributed by atoms with Crippen molar-refractivity contribution in [2.45, 2.75) is 25.6 Å². The van der Waals surface area contributed by atoms with Gasteiger partial charge in [0.2, 0.25) is 0 Å². The van der Waals surface area contributed by atoms with Gasteiger partial charge in [-0.1, -0.05) is 0 Å². The maximum absolute atomic E-state index is 12.8. The fourth-order valence-electron chi connectivity index (χ4n) is 3.78. The Balaban J connectivity index is 1.31. The average molecular weight is 425 g/mol. The Morgan fingerprint density at radius 3 is 2.26 bits per heavy atom. The molecule has 1 N–H and O–H groups in total. The molecule has 2 heterocycles. The van der Waals surface area contributed by atoms with Gasteiger partial charge < -0.3 is 14.6 Å². The Morgan fingerprint density at radius 2 is 1.65 bits per heavy atom. The van der Waals surface area contributed by atoms with Crippen molar-refractivity contribution in [3.8, 4) is 17.4 Å². The van der Waals surface area contributed by atoms with E-state index >= 15 is 0 Å². The number of nitrogens with zero attached hydrogens (tertiary/aromatic N) is 2. The molecule has 1 aliphatic heterocycles. The number of rotatable bonds is 5. The van der Waals surface area contributed by atoms with Crippen LogP contribution in [0.3, 0.4) is 0 Å². The quantitative estimate of drug-likeness (QED) is 0.528. The first-order valence-corrected chi connectivity index (χ1v) is 10.2. The molecule has 1 aliphatic rings. The van der Waals surface area contributed by atoms with Gasteiger partial charge >= 0.3 is 6.18 Å². The van der Waals surface area contributed by atoms with E-state index in [9.17, 15) is 13.2 Å². The highest BCUT2D eigenvalue weighted by atomic mass is 19.4. The number of anilines is 2. The smallest absolute Gasteiger partial charge is 0.391 e. The number of furan rings is 1. The lowest BCUT2D eigenvalue weighted by Crippen LogP contribution is -2.38. The minimum Gasteiger partial charge on any atom is -0.459 e. The summed E-state index contributed by atoms with van der Waals surface area (Å²) in [5.41, 5.74) is 3.35. The summed E-state index contributed by atoms with van der Waals surface area (Å²) in [5.74, 6) is 0.323. The van der Waals surface area contributed by atoms with Crippen LogP contribution >= 0.6 is 0 Å². The van der Waals surface area contributed by atoms with Crippen LogP contribution in [0.5, 0.6) is 0 Å². The summed E-state index contributed by atoms with van der Waals surface area (Å²) in [7, 11) is 0. The van der Waals surface area contributed by atoms with Gasteiger partial charge in [0.15, 0.2) is 0 Å². The highest BCUT2D eigenvalue weighted by Gasteiger charge is 2.41. The summed E-state index contributed by atoms with van der Waals surface area (Å²) in [4.78, 5) is 2.00. The van der Waals surface area contributed by atoms with Crippen molar-refractivity contribution < 1.29 is 17.6 Å². The molecule has 160 valence electrons. The largest absolute Gasteiger partial charge is 0.459 e. The van der Waals surface area contributed by atoms with Crippen molar-refractivity contribution in [1.82, 2.24) is 0 Å². The SMILES string of the molecule is N#Cc1ccc(-c2ccc(CNc3ccc(N4CCC(C(F)(F)F)CC4)cc3)o2)cc1. The molecule has 31 heavy (non-hydrogen) atoms. The molecule has 0 atom stereocenters. The fourth-order valence-corrected chi connectivity index (χ4v) is 3.78. The molecular formula is C24H22F3N3O. The third-order valence-corrected chi connectivity index (χ3v) is 5.62. The van der Waals surface area contributed by atoms with Crippen molar-refractivity contribution in [3.05, 3.63) is 72.0 Å². The van der Waals surface area contributed by atoms with Gasteiger partial charge in [-0.3, -0.25) is 0 Å². The first-order chi connectivity index (χ1) is 14.9. The Kier molecular flexibility index (Phi) is 5.90. The van der Waals surface area contributed by atoms with Gasteiger partial charge in [-0.25, -0.2) is 0 Å². The van der Waals surface area contributed by atoms with Crippen LogP contribution in [-0.2, 0) is 6.54 Å². The summed E-state index contributed by atoms with van der Waals surface area (Å²) in [5, 5.41) is 12.2. The number of nitrogens with one attached hydrogen (secondary N) is 1. The van der Waals surface area contributed by atoms with Crippen LogP contribution in [0, 0.1) is 17.2 Å². The van der Waals surface area contributed by atoms with Crippen LogP contribution in [0.2, 0.25) is 0 Å². The van der Waals surface area contributed by atoms with Crippen molar-refractivity contribution >= 4 is 11.4 Å². The fraction of sp³-hybridized carbons (Fsp3) is 0.292. The third kappa shape index (κ3) is 5.02. The molecule has 0 spiro atoms. The van der Waals surface area contributed by atoms with Crippen LogP contribution in [-0.4, -0.2) is 19.3 Å². The summed E-state index contributed by atoms with van der Waals surface area (Å²) >= 11 is 0. The van der Waals surface area contributed by atoms with E-state index in [1.54, 1.807) is 12.1 Å². The van der Waals surface area contributed by atoms with Gasteiger partial charge in [0.25, 0.3) is 0 Å². The molecule has 0 unspecified atom stereocenters. The Labute approximate surface area is 178 Å². The second-order valence-electron chi connectivity index (χ2n) is 7.66. The lowest BCUT2D eigenvalue weighted by molar-refractivity contribution is -0.179. The highest BCUT2D eigenvalue weighted by Crippen LogP contribution is 2.35. The maximum atomic E-state index is 12.8. The number of piperidine rings is 1. The van der Waals surface area contributed by atoms with Gasteiger partial charge in [0.05, 0.1) is 24.1 Å². The van der Waals surface area contributed by atoms with E-state index in [2.05, 4.69) is 11.4 Å². The van der Waals surface area contributed by atoms with Crippen LogP contribution in [0.25, 0.3) is 11.3 Å². The number of halogens is 3. The lowest BCUT2D eigenvalue weighted by atomic mass is 9.96. The topological polar surface area (TPSA) is 52.2 Å². The van der Waals surface area contributed by atoms with Crippen LogP contribution in [0.1, 0.15) is 24.2 Å². The Bertz CT molecular complexity index is 1040.